The van der Waals surface area contributed by atoms with E-state index in [1.807, 2.05) is 6.07 Å². The Bertz CT molecular complexity index is 567. The number of nitrogens with zero attached hydrogens (tertiary/aromatic N) is 2. The number of fused-ring (bicyclic) bond motifs is 1. The SMILES string of the molecule is O=C(O)C(=O)N(S)c1snc2ccccc12. The van der Waals surface area contributed by atoms with Gasteiger partial charge in [0, 0.05) is 5.39 Å². The molecule has 2 aromatic rings. The zero-order valence-electron chi connectivity index (χ0n) is 7.82. The predicted octanol–water partition coefficient (Wildman–Crippen LogP) is 1.56. The fraction of sp³-hybridized carbons (Fsp3) is 0. The third kappa shape index (κ3) is 1.74. The van der Waals surface area contributed by atoms with E-state index < -0.39 is 11.9 Å². The highest BCUT2D eigenvalue weighted by Crippen LogP contribution is 2.32. The summed E-state index contributed by atoms with van der Waals surface area (Å²) in [4.78, 5) is 21.7. The van der Waals surface area contributed by atoms with Crippen molar-refractivity contribution in [2.75, 3.05) is 4.31 Å². The Labute approximate surface area is 100 Å². The molecular weight excluding hydrogens is 248 g/mol. The van der Waals surface area contributed by atoms with Crippen molar-refractivity contribution in [1.82, 2.24) is 4.37 Å². The number of carbonyl (C=O) groups excluding carboxylic acids is 1. The van der Waals surface area contributed by atoms with Gasteiger partial charge in [0.2, 0.25) is 0 Å². The van der Waals surface area contributed by atoms with E-state index in [2.05, 4.69) is 17.2 Å². The largest absolute Gasteiger partial charge is 0.474 e. The van der Waals surface area contributed by atoms with Gasteiger partial charge in [-0.15, -0.1) is 0 Å². The van der Waals surface area contributed by atoms with Crippen molar-refractivity contribution in [2.45, 2.75) is 0 Å². The number of benzene rings is 1. The minimum absolute atomic E-state index is 0.409. The maximum absolute atomic E-state index is 11.2. The lowest BCUT2D eigenvalue weighted by atomic mass is 10.2. The molecule has 1 aromatic carbocycles. The molecule has 0 unspecified atom stereocenters. The molecule has 7 heteroatoms. The molecule has 1 amide bonds. The van der Waals surface area contributed by atoms with Gasteiger partial charge in [-0.2, -0.15) is 4.37 Å². The predicted molar refractivity (Wildman–Crippen MR) is 63.7 cm³/mol. The standard InChI is InChI=1S/C9H6N2O3S2/c12-7(9(13)14)11(15)8-5-3-1-2-4-6(5)10-16-8/h1-4,15H,(H,13,14). The topological polar surface area (TPSA) is 70.5 Å². The Morgan fingerprint density at radius 1 is 1.38 bits per heavy atom. The van der Waals surface area contributed by atoms with E-state index >= 15 is 0 Å². The minimum Gasteiger partial charge on any atom is -0.474 e. The third-order valence-electron chi connectivity index (χ3n) is 1.93. The summed E-state index contributed by atoms with van der Waals surface area (Å²) in [5.41, 5.74) is 0.708. The molecule has 16 heavy (non-hydrogen) atoms. The van der Waals surface area contributed by atoms with Crippen LogP contribution in [0.25, 0.3) is 10.9 Å². The first-order valence-corrected chi connectivity index (χ1v) is 5.39. The second-order valence-corrected chi connectivity index (χ2v) is 4.08. The van der Waals surface area contributed by atoms with E-state index in [0.29, 0.717) is 15.9 Å². The van der Waals surface area contributed by atoms with Gasteiger partial charge in [0.15, 0.2) is 0 Å². The number of hydrogen-bond donors (Lipinski definition) is 2. The Balaban J connectivity index is 2.48. The van der Waals surface area contributed by atoms with Crippen molar-refractivity contribution in [1.29, 1.82) is 0 Å². The maximum atomic E-state index is 11.2. The average Bonchev–Trinajstić information content (AvgIpc) is 2.70. The summed E-state index contributed by atoms with van der Waals surface area (Å²) in [5, 5.41) is 9.68. The molecule has 2 rings (SSSR count). The summed E-state index contributed by atoms with van der Waals surface area (Å²) < 4.78 is 4.88. The highest BCUT2D eigenvalue weighted by atomic mass is 32.1. The number of rotatable bonds is 1. The van der Waals surface area contributed by atoms with Crippen LogP contribution in [-0.4, -0.2) is 21.4 Å². The molecule has 1 aromatic heterocycles. The molecular formula is C9H6N2O3S2. The van der Waals surface area contributed by atoms with Crippen molar-refractivity contribution in [3.05, 3.63) is 24.3 Å². The van der Waals surface area contributed by atoms with Gasteiger partial charge in [-0.1, -0.05) is 24.9 Å². The molecule has 1 heterocycles. The average molecular weight is 254 g/mol. The van der Waals surface area contributed by atoms with Crippen molar-refractivity contribution < 1.29 is 14.7 Å². The van der Waals surface area contributed by atoms with Crippen LogP contribution in [0.2, 0.25) is 0 Å². The van der Waals surface area contributed by atoms with Gasteiger partial charge in [0.1, 0.15) is 5.00 Å². The third-order valence-corrected chi connectivity index (χ3v) is 3.31. The Kier molecular flexibility index (Phi) is 2.80. The van der Waals surface area contributed by atoms with Gasteiger partial charge >= 0.3 is 11.9 Å². The number of aliphatic carboxylic acids is 1. The minimum atomic E-state index is -1.55. The molecule has 0 fully saturated rings. The number of aromatic nitrogens is 1. The van der Waals surface area contributed by atoms with E-state index in [1.165, 1.54) is 0 Å². The molecule has 0 aliphatic carbocycles. The van der Waals surface area contributed by atoms with Crippen LogP contribution in [0.3, 0.4) is 0 Å². The van der Waals surface area contributed by atoms with Gasteiger partial charge in [0.25, 0.3) is 0 Å². The first-order chi connectivity index (χ1) is 7.61. The van der Waals surface area contributed by atoms with Crippen LogP contribution in [0.15, 0.2) is 24.3 Å². The zero-order chi connectivity index (χ0) is 11.7. The van der Waals surface area contributed by atoms with Crippen LogP contribution in [0.4, 0.5) is 5.00 Å². The monoisotopic (exact) mass is 254 g/mol. The van der Waals surface area contributed by atoms with E-state index in [9.17, 15) is 9.59 Å². The maximum Gasteiger partial charge on any atom is 0.395 e. The molecule has 0 saturated heterocycles. The summed E-state index contributed by atoms with van der Waals surface area (Å²) >= 11 is 4.90. The lowest BCUT2D eigenvalue weighted by Crippen LogP contribution is -2.28. The van der Waals surface area contributed by atoms with Crippen molar-refractivity contribution >= 4 is 52.1 Å². The zero-order valence-corrected chi connectivity index (χ0v) is 9.53. The van der Waals surface area contributed by atoms with Crippen LogP contribution in [0.5, 0.6) is 0 Å². The number of carboxylic acids is 1. The van der Waals surface area contributed by atoms with Crippen LogP contribution in [-0.2, 0) is 9.59 Å². The summed E-state index contributed by atoms with van der Waals surface area (Å²) in [6.07, 6.45) is 0. The van der Waals surface area contributed by atoms with E-state index in [1.54, 1.807) is 18.2 Å². The van der Waals surface area contributed by atoms with E-state index in [4.69, 9.17) is 5.11 Å². The van der Waals surface area contributed by atoms with Gasteiger partial charge in [0.05, 0.1) is 5.52 Å². The Morgan fingerprint density at radius 2 is 2.06 bits per heavy atom. The molecule has 0 bridgehead atoms. The summed E-state index contributed by atoms with van der Waals surface area (Å²) in [7, 11) is 0. The summed E-state index contributed by atoms with van der Waals surface area (Å²) in [5.74, 6) is -2.65. The lowest BCUT2D eigenvalue weighted by molar-refractivity contribution is -0.148. The number of amides is 1. The van der Waals surface area contributed by atoms with Crippen LogP contribution < -0.4 is 4.31 Å². The van der Waals surface area contributed by atoms with E-state index in [-0.39, 0.29) is 0 Å². The molecule has 0 saturated carbocycles. The Morgan fingerprint density at radius 3 is 2.75 bits per heavy atom. The molecule has 82 valence electrons. The quantitative estimate of drug-likeness (QED) is 0.598. The molecule has 0 radical (unpaired) electrons. The number of anilines is 1. The molecule has 5 nitrogen and oxygen atoms in total. The second-order valence-electron chi connectivity index (χ2n) is 2.93. The van der Waals surface area contributed by atoms with E-state index in [0.717, 1.165) is 15.8 Å². The number of hydrogen-bond acceptors (Lipinski definition) is 5. The smallest absolute Gasteiger partial charge is 0.395 e. The van der Waals surface area contributed by atoms with Crippen LogP contribution in [0, 0.1) is 0 Å². The fourth-order valence-corrected chi connectivity index (χ4v) is 2.29. The van der Waals surface area contributed by atoms with Crippen LogP contribution >= 0.6 is 24.3 Å². The number of carbonyl (C=O) groups is 2. The van der Waals surface area contributed by atoms with Crippen molar-refractivity contribution in [3.63, 3.8) is 0 Å². The first-order valence-electron chi connectivity index (χ1n) is 4.22. The fourth-order valence-electron chi connectivity index (χ4n) is 1.21. The summed E-state index contributed by atoms with van der Waals surface area (Å²) in [6.45, 7) is 0. The molecule has 0 aliphatic heterocycles. The second kappa shape index (κ2) is 4.11. The molecule has 0 spiro atoms. The number of thiol groups is 1. The molecule has 0 aliphatic rings. The van der Waals surface area contributed by atoms with Gasteiger partial charge < -0.3 is 5.11 Å². The lowest BCUT2D eigenvalue weighted by Gasteiger charge is -2.09. The number of carboxylic acid groups (broad SMARTS) is 1. The normalized spacial score (nSPS) is 10.3. The van der Waals surface area contributed by atoms with Crippen LogP contribution in [0.1, 0.15) is 0 Å². The van der Waals surface area contributed by atoms with Crippen molar-refractivity contribution in [3.8, 4) is 0 Å². The van der Waals surface area contributed by atoms with Gasteiger partial charge in [-0.3, -0.25) is 4.79 Å². The molecule has 1 N–H and O–H groups in total. The molecule has 0 atom stereocenters. The highest BCUT2D eigenvalue weighted by molar-refractivity contribution is 7.83. The Hall–Kier alpha value is -1.60. The highest BCUT2D eigenvalue weighted by Gasteiger charge is 2.23. The first kappa shape index (κ1) is 10.9. The van der Waals surface area contributed by atoms with Gasteiger partial charge in [-0.25, -0.2) is 9.10 Å². The van der Waals surface area contributed by atoms with Crippen molar-refractivity contribution in [2.24, 2.45) is 0 Å². The van der Waals surface area contributed by atoms with Gasteiger partial charge in [-0.05, 0) is 23.7 Å². The summed E-state index contributed by atoms with van der Waals surface area (Å²) in [6, 6.07) is 7.13.